The first kappa shape index (κ1) is 22.0. The number of carbonyl (C=O) groups is 2. The molecule has 1 aromatic carbocycles. The standard InChI is InChI=1S/C21H29N5O3/c1-4-22-21(25-15-19(27)24-14-18-9-6-12-29-18)23-11-10-16-7-5-8-17(13-16)20(28)26(2)3/h5-9,12-13H,4,10-11,14-15H2,1-3H3,(H,24,27)(H2,22,23,25). The fourth-order valence-corrected chi connectivity index (χ4v) is 2.59. The lowest BCUT2D eigenvalue weighted by atomic mass is 10.1. The monoisotopic (exact) mass is 399 g/mol. The minimum atomic E-state index is -0.187. The Morgan fingerprint density at radius 2 is 1.93 bits per heavy atom. The summed E-state index contributed by atoms with van der Waals surface area (Å²) in [5, 5.41) is 9.09. The highest BCUT2D eigenvalue weighted by molar-refractivity contribution is 5.94. The summed E-state index contributed by atoms with van der Waals surface area (Å²) < 4.78 is 5.18. The molecule has 0 atom stereocenters. The predicted molar refractivity (Wildman–Crippen MR) is 113 cm³/mol. The van der Waals surface area contributed by atoms with Crippen molar-refractivity contribution in [1.82, 2.24) is 20.9 Å². The van der Waals surface area contributed by atoms with Gasteiger partial charge in [-0.05, 0) is 43.2 Å². The van der Waals surface area contributed by atoms with Crippen LogP contribution in [0.2, 0.25) is 0 Å². The second-order valence-corrected chi connectivity index (χ2v) is 6.63. The Bertz CT molecular complexity index is 815. The van der Waals surface area contributed by atoms with Crippen LogP contribution in [0.5, 0.6) is 0 Å². The van der Waals surface area contributed by atoms with Crippen molar-refractivity contribution >= 4 is 17.8 Å². The van der Waals surface area contributed by atoms with Gasteiger partial charge in [-0.15, -0.1) is 0 Å². The van der Waals surface area contributed by atoms with Crippen LogP contribution in [0, 0.1) is 0 Å². The summed E-state index contributed by atoms with van der Waals surface area (Å²) in [6.07, 6.45) is 2.29. The van der Waals surface area contributed by atoms with E-state index in [4.69, 9.17) is 4.42 Å². The smallest absolute Gasteiger partial charge is 0.253 e. The number of rotatable bonds is 9. The van der Waals surface area contributed by atoms with E-state index >= 15 is 0 Å². The molecule has 2 amide bonds. The van der Waals surface area contributed by atoms with Gasteiger partial charge in [-0.25, -0.2) is 4.99 Å². The van der Waals surface area contributed by atoms with Crippen molar-refractivity contribution in [2.45, 2.75) is 19.9 Å². The third kappa shape index (κ3) is 7.69. The van der Waals surface area contributed by atoms with Gasteiger partial charge in [0.25, 0.3) is 5.91 Å². The molecule has 0 aliphatic carbocycles. The molecule has 2 aromatic rings. The number of nitrogens with one attached hydrogen (secondary N) is 3. The second kappa shape index (κ2) is 11.5. The number of hydrogen-bond acceptors (Lipinski definition) is 4. The van der Waals surface area contributed by atoms with Crippen LogP contribution in [0.1, 0.15) is 28.6 Å². The highest BCUT2D eigenvalue weighted by Crippen LogP contribution is 2.07. The molecule has 8 heteroatoms. The molecule has 8 nitrogen and oxygen atoms in total. The quantitative estimate of drug-likeness (QED) is 0.437. The van der Waals surface area contributed by atoms with Gasteiger partial charge in [-0.3, -0.25) is 9.59 Å². The highest BCUT2D eigenvalue weighted by atomic mass is 16.3. The van der Waals surface area contributed by atoms with E-state index in [-0.39, 0.29) is 18.4 Å². The Hall–Kier alpha value is -3.29. The van der Waals surface area contributed by atoms with Crippen molar-refractivity contribution in [3.8, 4) is 0 Å². The van der Waals surface area contributed by atoms with Gasteiger partial charge in [0, 0.05) is 32.7 Å². The highest BCUT2D eigenvalue weighted by Gasteiger charge is 2.08. The van der Waals surface area contributed by atoms with E-state index in [1.54, 1.807) is 37.4 Å². The van der Waals surface area contributed by atoms with Crippen LogP contribution >= 0.6 is 0 Å². The Morgan fingerprint density at radius 3 is 2.62 bits per heavy atom. The number of carbonyl (C=O) groups excluding carboxylic acids is 2. The summed E-state index contributed by atoms with van der Waals surface area (Å²) in [6.45, 7) is 3.63. The molecule has 0 unspecified atom stereocenters. The SMILES string of the molecule is CCNC(=NCC(=O)NCc1ccco1)NCCc1cccc(C(=O)N(C)C)c1. The van der Waals surface area contributed by atoms with Gasteiger partial charge in [0.05, 0.1) is 12.8 Å². The minimum absolute atomic E-state index is 0.0167. The second-order valence-electron chi connectivity index (χ2n) is 6.63. The van der Waals surface area contributed by atoms with E-state index < -0.39 is 0 Å². The molecule has 3 N–H and O–H groups in total. The molecule has 0 saturated heterocycles. The lowest BCUT2D eigenvalue weighted by Crippen LogP contribution is -2.39. The molecule has 0 aliphatic rings. The normalized spacial score (nSPS) is 11.1. The number of furan rings is 1. The Labute approximate surface area is 171 Å². The maximum atomic E-state index is 12.1. The summed E-state index contributed by atoms with van der Waals surface area (Å²) in [7, 11) is 3.47. The van der Waals surface area contributed by atoms with E-state index in [0.29, 0.717) is 36.9 Å². The van der Waals surface area contributed by atoms with E-state index in [2.05, 4.69) is 20.9 Å². The molecule has 1 aromatic heterocycles. The summed E-state index contributed by atoms with van der Waals surface area (Å²) >= 11 is 0. The van der Waals surface area contributed by atoms with Crippen LogP contribution in [-0.2, 0) is 17.8 Å². The predicted octanol–water partition coefficient (Wildman–Crippen LogP) is 1.40. The Kier molecular flexibility index (Phi) is 8.75. The first-order chi connectivity index (χ1) is 14.0. The zero-order valence-corrected chi connectivity index (χ0v) is 17.2. The molecule has 156 valence electrons. The van der Waals surface area contributed by atoms with Crippen LogP contribution in [0.25, 0.3) is 0 Å². The molecule has 2 rings (SSSR count). The molecular formula is C21H29N5O3. The van der Waals surface area contributed by atoms with Gasteiger partial charge in [0.2, 0.25) is 5.91 Å². The van der Waals surface area contributed by atoms with Gasteiger partial charge < -0.3 is 25.3 Å². The number of guanidine groups is 1. The fourth-order valence-electron chi connectivity index (χ4n) is 2.59. The summed E-state index contributed by atoms with van der Waals surface area (Å²) in [5.41, 5.74) is 1.72. The largest absolute Gasteiger partial charge is 0.467 e. The van der Waals surface area contributed by atoms with Crippen LogP contribution in [0.4, 0.5) is 0 Å². The van der Waals surface area contributed by atoms with E-state index in [0.717, 1.165) is 12.0 Å². The molecule has 0 bridgehead atoms. The van der Waals surface area contributed by atoms with E-state index in [1.165, 1.54) is 0 Å². The van der Waals surface area contributed by atoms with Gasteiger partial charge in [-0.1, -0.05) is 12.1 Å². The third-order valence-corrected chi connectivity index (χ3v) is 4.05. The number of nitrogens with zero attached hydrogens (tertiary/aromatic N) is 2. The van der Waals surface area contributed by atoms with Gasteiger partial charge in [0.15, 0.2) is 5.96 Å². The van der Waals surface area contributed by atoms with Crippen LogP contribution in [0.3, 0.4) is 0 Å². The first-order valence-corrected chi connectivity index (χ1v) is 9.61. The fraction of sp³-hybridized carbons (Fsp3) is 0.381. The molecule has 0 spiro atoms. The van der Waals surface area contributed by atoms with Gasteiger partial charge in [0.1, 0.15) is 12.3 Å². The lowest BCUT2D eigenvalue weighted by molar-refractivity contribution is -0.119. The number of aliphatic imine (C=N–C) groups is 1. The van der Waals surface area contributed by atoms with E-state index in [1.807, 2.05) is 31.2 Å². The van der Waals surface area contributed by atoms with Crippen molar-refractivity contribution in [3.63, 3.8) is 0 Å². The third-order valence-electron chi connectivity index (χ3n) is 4.05. The maximum absolute atomic E-state index is 12.1. The van der Waals surface area contributed by atoms with Crippen LogP contribution < -0.4 is 16.0 Å². The number of benzene rings is 1. The van der Waals surface area contributed by atoms with Gasteiger partial charge >= 0.3 is 0 Å². The Balaban J connectivity index is 1.82. The van der Waals surface area contributed by atoms with Crippen LogP contribution in [0.15, 0.2) is 52.1 Å². The Morgan fingerprint density at radius 1 is 1.10 bits per heavy atom. The first-order valence-electron chi connectivity index (χ1n) is 9.61. The van der Waals surface area contributed by atoms with Crippen molar-refractivity contribution in [2.75, 3.05) is 33.7 Å². The number of amides is 2. The lowest BCUT2D eigenvalue weighted by Gasteiger charge is -2.13. The van der Waals surface area contributed by atoms with Crippen molar-refractivity contribution in [3.05, 3.63) is 59.5 Å². The van der Waals surface area contributed by atoms with E-state index in [9.17, 15) is 9.59 Å². The molecule has 0 saturated carbocycles. The average molecular weight is 399 g/mol. The summed E-state index contributed by atoms with van der Waals surface area (Å²) in [5.74, 6) is 1.06. The topological polar surface area (TPSA) is 99.0 Å². The average Bonchev–Trinajstić information content (AvgIpc) is 3.23. The zero-order chi connectivity index (χ0) is 21.1. The molecule has 29 heavy (non-hydrogen) atoms. The summed E-state index contributed by atoms with van der Waals surface area (Å²) in [4.78, 5) is 29.9. The van der Waals surface area contributed by atoms with Gasteiger partial charge in [-0.2, -0.15) is 0 Å². The zero-order valence-electron chi connectivity index (χ0n) is 17.2. The molecular weight excluding hydrogens is 370 g/mol. The maximum Gasteiger partial charge on any atom is 0.253 e. The minimum Gasteiger partial charge on any atom is -0.467 e. The molecule has 0 fully saturated rings. The molecule has 0 aliphatic heterocycles. The van der Waals surface area contributed by atoms with Crippen molar-refractivity contribution in [2.24, 2.45) is 4.99 Å². The van der Waals surface area contributed by atoms with Crippen LogP contribution in [-0.4, -0.2) is 56.4 Å². The summed E-state index contributed by atoms with van der Waals surface area (Å²) in [6, 6.07) is 11.2. The van der Waals surface area contributed by atoms with Crippen molar-refractivity contribution in [1.29, 1.82) is 0 Å². The van der Waals surface area contributed by atoms with Crippen molar-refractivity contribution < 1.29 is 14.0 Å². The molecule has 0 radical (unpaired) electrons. The molecule has 1 heterocycles. The number of hydrogen-bond donors (Lipinski definition) is 3.